The summed E-state index contributed by atoms with van der Waals surface area (Å²) in [6.07, 6.45) is 1.46. The van der Waals surface area contributed by atoms with Crippen molar-refractivity contribution in [2.45, 2.75) is 13.5 Å². The van der Waals surface area contributed by atoms with Gasteiger partial charge in [-0.1, -0.05) is 23.7 Å². The average molecular weight is 330 g/mol. The number of aryl methyl sites for hydroxylation is 1. The normalized spacial score (nSPS) is 10.6. The lowest BCUT2D eigenvalue weighted by atomic mass is 10.1. The summed E-state index contributed by atoms with van der Waals surface area (Å²) in [6, 6.07) is 5.62. The summed E-state index contributed by atoms with van der Waals surface area (Å²) in [4.78, 5) is 25.1. The molecule has 0 radical (unpaired) electrons. The topological polar surface area (TPSA) is 54.9 Å². The molecule has 0 saturated carbocycles. The van der Waals surface area contributed by atoms with E-state index in [0.717, 1.165) is 11.1 Å². The Kier molecular flexibility index (Phi) is 3.73. The van der Waals surface area contributed by atoms with Crippen molar-refractivity contribution >= 4 is 27.5 Å². The molecule has 0 spiro atoms. The number of H-pyrrole nitrogens is 1. The molecule has 0 aliphatic rings. The van der Waals surface area contributed by atoms with Crippen molar-refractivity contribution in [3.63, 3.8) is 0 Å². The minimum atomic E-state index is -0.458. The van der Waals surface area contributed by atoms with E-state index < -0.39 is 11.2 Å². The van der Waals surface area contributed by atoms with Crippen molar-refractivity contribution in [3.05, 3.63) is 65.9 Å². The summed E-state index contributed by atoms with van der Waals surface area (Å²) in [5.74, 6) is 0. The zero-order chi connectivity index (χ0) is 13.3. The standard InChI is InChI=1S/C12H10BrClN2O2/c1-7-2-3-8(10(14)4-7)5-16-6-9(13)11(17)15-12(16)18/h2-4,6H,5H2,1H3,(H,15,17,18). The third kappa shape index (κ3) is 2.73. The monoisotopic (exact) mass is 328 g/mol. The molecule has 1 aromatic carbocycles. The molecule has 0 fully saturated rings. The van der Waals surface area contributed by atoms with Gasteiger partial charge in [-0.15, -0.1) is 0 Å². The summed E-state index contributed by atoms with van der Waals surface area (Å²) < 4.78 is 1.70. The van der Waals surface area contributed by atoms with E-state index in [2.05, 4.69) is 20.9 Å². The van der Waals surface area contributed by atoms with E-state index in [0.29, 0.717) is 16.0 Å². The van der Waals surface area contributed by atoms with E-state index in [9.17, 15) is 9.59 Å². The quantitative estimate of drug-likeness (QED) is 0.919. The van der Waals surface area contributed by atoms with E-state index in [-0.39, 0.29) is 0 Å². The van der Waals surface area contributed by atoms with Crippen LogP contribution in [0, 0.1) is 6.92 Å². The first-order chi connectivity index (χ1) is 8.47. The van der Waals surface area contributed by atoms with E-state index in [1.54, 1.807) is 0 Å². The Bertz CT molecular complexity index is 706. The molecule has 1 N–H and O–H groups in total. The average Bonchev–Trinajstić information content (AvgIpc) is 2.29. The SMILES string of the molecule is Cc1ccc(Cn2cc(Br)c(=O)[nH]c2=O)c(Cl)c1. The number of aromatic amines is 1. The van der Waals surface area contributed by atoms with E-state index in [1.165, 1.54) is 10.8 Å². The molecule has 6 heteroatoms. The van der Waals surface area contributed by atoms with Gasteiger partial charge in [-0.25, -0.2) is 4.79 Å². The predicted molar refractivity (Wildman–Crippen MR) is 74.3 cm³/mol. The van der Waals surface area contributed by atoms with E-state index >= 15 is 0 Å². The van der Waals surface area contributed by atoms with Crippen LogP contribution in [-0.4, -0.2) is 9.55 Å². The van der Waals surface area contributed by atoms with Crippen LogP contribution < -0.4 is 11.2 Å². The van der Waals surface area contributed by atoms with Crippen molar-refractivity contribution in [1.82, 2.24) is 9.55 Å². The molecule has 4 nitrogen and oxygen atoms in total. The van der Waals surface area contributed by atoms with Gasteiger partial charge < -0.3 is 0 Å². The maximum Gasteiger partial charge on any atom is 0.328 e. The van der Waals surface area contributed by atoms with Crippen LogP contribution in [0.1, 0.15) is 11.1 Å². The molecule has 0 amide bonds. The van der Waals surface area contributed by atoms with Crippen molar-refractivity contribution in [2.24, 2.45) is 0 Å². The number of halogens is 2. The van der Waals surface area contributed by atoms with Crippen molar-refractivity contribution in [2.75, 3.05) is 0 Å². The van der Waals surface area contributed by atoms with Gasteiger partial charge in [0, 0.05) is 11.2 Å². The number of nitrogens with zero attached hydrogens (tertiary/aromatic N) is 1. The van der Waals surface area contributed by atoms with Gasteiger partial charge in [0.2, 0.25) is 0 Å². The summed E-state index contributed by atoms with van der Waals surface area (Å²) in [7, 11) is 0. The molecule has 2 rings (SSSR count). The molecule has 0 bridgehead atoms. The number of hydrogen-bond donors (Lipinski definition) is 1. The summed E-state index contributed by atoms with van der Waals surface area (Å²) in [5.41, 5.74) is 0.980. The second kappa shape index (κ2) is 5.12. The van der Waals surface area contributed by atoms with Gasteiger partial charge >= 0.3 is 5.69 Å². The first-order valence-corrected chi connectivity index (χ1v) is 6.39. The molecule has 0 aliphatic carbocycles. The Balaban J connectivity index is 2.43. The number of hydrogen-bond acceptors (Lipinski definition) is 2. The van der Waals surface area contributed by atoms with Crippen LogP contribution in [-0.2, 0) is 6.54 Å². The molecule has 0 unspecified atom stereocenters. The fourth-order valence-corrected chi connectivity index (χ4v) is 2.21. The molecule has 1 heterocycles. The Hall–Kier alpha value is -1.33. The van der Waals surface area contributed by atoms with Gasteiger partial charge in [-0.2, -0.15) is 0 Å². The van der Waals surface area contributed by atoms with E-state index in [1.807, 2.05) is 25.1 Å². The molecule has 0 aliphatic heterocycles. The number of aromatic nitrogens is 2. The molecular formula is C12H10BrClN2O2. The maximum absolute atomic E-state index is 11.6. The molecule has 18 heavy (non-hydrogen) atoms. The Morgan fingerprint density at radius 1 is 1.39 bits per heavy atom. The van der Waals surface area contributed by atoms with Crippen molar-refractivity contribution in [1.29, 1.82) is 0 Å². The first-order valence-electron chi connectivity index (χ1n) is 5.21. The molecule has 2 aromatic rings. The Morgan fingerprint density at radius 2 is 2.11 bits per heavy atom. The van der Waals surface area contributed by atoms with Crippen LogP contribution in [0.2, 0.25) is 5.02 Å². The lowest BCUT2D eigenvalue weighted by Gasteiger charge is -2.08. The van der Waals surface area contributed by atoms with Crippen molar-refractivity contribution < 1.29 is 0 Å². The Morgan fingerprint density at radius 3 is 2.78 bits per heavy atom. The highest BCUT2D eigenvalue weighted by atomic mass is 79.9. The fraction of sp³-hybridized carbons (Fsp3) is 0.167. The van der Waals surface area contributed by atoms with Crippen LogP contribution in [0.25, 0.3) is 0 Å². The van der Waals surface area contributed by atoms with Crippen LogP contribution in [0.15, 0.2) is 38.5 Å². The predicted octanol–water partition coefficient (Wildman–Crippen LogP) is 2.31. The summed E-state index contributed by atoms with van der Waals surface area (Å²) in [6.45, 7) is 2.26. The molecule has 0 atom stereocenters. The number of nitrogens with one attached hydrogen (secondary N) is 1. The van der Waals surface area contributed by atoms with E-state index in [4.69, 9.17) is 11.6 Å². The minimum Gasteiger partial charge on any atom is -0.295 e. The smallest absolute Gasteiger partial charge is 0.295 e. The first kappa shape index (κ1) is 13.1. The summed E-state index contributed by atoms with van der Waals surface area (Å²) in [5, 5.41) is 0.601. The second-order valence-corrected chi connectivity index (χ2v) is 5.22. The van der Waals surface area contributed by atoms with Gasteiger partial charge in [-0.05, 0) is 40.0 Å². The van der Waals surface area contributed by atoms with Crippen molar-refractivity contribution in [3.8, 4) is 0 Å². The molecule has 0 saturated heterocycles. The Labute approximate surface area is 116 Å². The zero-order valence-electron chi connectivity index (χ0n) is 9.54. The number of benzene rings is 1. The molecule has 1 aromatic heterocycles. The van der Waals surface area contributed by atoms with Gasteiger partial charge in [0.1, 0.15) is 0 Å². The molecular weight excluding hydrogens is 320 g/mol. The highest BCUT2D eigenvalue weighted by molar-refractivity contribution is 9.10. The van der Waals surface area contributed by atoms with Crippen LogP contribution >= 0.6 is 27.5 Å². The largest absolute Gasteiger partial charge is 0.328 e. The fourth-order valence-electron chi connectivity index (χ4n) is 1.56. The van der Waals surface area contributed by atoms with Crippen LogP contribution in [0.3, 0.4) is 0 Å². The van der Waals surface area contributed by atoms with Crippen LogP contribution in [0.5, 0.6) is 0 Å². The highest BCUT2D eigenvalue weighted by Crippen LogP contribution is 2.18. The second-order valence-electron chi connectivity index (χ2n) is 3.96. The zero-order valence-corrected chi connectivity index (χ0v) is 11.9. The summed E-state index contributed by atoms with van der Waals surface area (Å²) >= 11 is 9.19. The minimum absolute atomic E-state index is 0.310. The van der Waals surface area contributed by atoms with Gasteiger partial charge in [0.15, 0.2) is 0 Å². The number of rotatable bonds is 2. The molecule has 94 valence electrons. The lowest BCUT2D eigenvalue weighted by molar-refractivity contribution is 0.716. The van der Waals surface area contributed by atoms with Gasteiger partial charge in [-0.3, -0.25) is 14.3 Å². The lowest BCUT2D eigenvalue weighted by Crippen LogP contribution is -2.30. The van der Waals surface area contributed by atoms with Gasteiger partial charge in [0.25, 0.3) is 5.56 Å². The third-order valence-corrected chi connectivity index (χ3v) is 3.43. The van der Waals surface area contributed by atoms with Gasteiger partial charge in [0.05, 0.1) is 11.0 Å². The maximum atomic E-state index is 11.6. The van der Waals surface area contributed by atoms with Crippen LogP contribution in [0.4, 0.5) is 0 Å². The highest BCUT2D eigenvalue weighted by Gasteiger charge is 2.05. The third-order valence-electron chi connectivity index (χ3n) is 2.52.